The van der Waals surface area contributed by atoms with Crippen LogP contribution in [0.5, 0.6) is 0 Å². The second-order valence-electron chi connectivity index (χ2n) is 7.16. The normalized spacial score (nSPS) is 19.5. The molecule has 5 heteroatoms. The summed E-state index contributed by atoms with van der Waals surface area (Å²) in [6.07, 6.45) is 10.7. The zero-order valence-corrected chi connectivity index (χ0v) is 15.8. The van der Waals surface area contributed by atoms with Crippen LogP contribution < -0.4 is 5.32 Å². The van der Waals surface area contributed by atoms with Crippen LogP contribution in [0.4, 0.5) is 0 Å². The predicted octanol–water partition coefficient (Wildman–Crippen LogP) is 3.05. The van der Waals surface area contributed by atoms with Crippen LogP contribution in [0.2, 0.25) is 0 Å². The third-order valence-corrected chi connectivity index (χ3v) is 4.79. The van der Waals surface area contributed by atoms with Gasteiger partial charge in [-0.2, -0.15) is 0 Å². The van der Waals surface area contributed by atoms with Gasteiger partial charge >= 0.3 is 0 Å². The molecule has 0 unspecified atom stereocenters. The van der Waals surface area contributed by atoms with E-state index in [-0.39, 0.29) is 0 Å². The topological polar surface area (TPSA) is 46.1 Å². The molecule has 140 valence electrons. The van der Waals surface area contributed by atoms with Gasteiger partial charge in [0, 0.05) is 39.9 Å². The quantitative estimate of drug-likeness (QED) is 0.357. The summed E-state index contributed by atoms with van der Waals surface area (Å²) < 4.78 is 11.7. The molecule has 0 radical (unpaired) electrons. The summed E-state index contributed by atoms with van der Waals surface area (Å²) in [5, 5.41) is 3.36. The molecule has 0 bridgehead atoms. The van der Waals surface area contributed by atoms with Gasteiger partial charge in [-0.3, -0.25) is 4.99 Å². The maximum absolute atomic E-state index is 5.97. The van der Waals surface area contributed by atoms with Gasteiger partial charge in [0.15, 0.2) is 5.96 Å². The largest absolute Gasteiger partial charge is 0.379 e. The summed E-state index contributed by atoms with van der Waals surface area (Å²) in [6, 6.07) is 0. The first kappa shape index (κ1) is 19.5. The van der Waals surface area contributed by atoms with Crippen molar-refractivity contribution < 1.29 is 9.47 Å². The van der Waals surface area contributed by atoms with E-state index >= 15 is 0 Å². The van der Waals surface area contributed by atoms with Gasteiger partial charge in [-0.15, -0.1) is 0 Å². The van der Waals surface area contributed by atoms with Gasteiger partial charge in [-0.05, 0) is 44.9 Å². The lowest BCUT2D eigenvalue weighted by molar-refractivity contribution is 0.0281. The Kier molecular flexibility index (Phi) is 9.51. The molecule has 2 rings (SSSR count). The number of aliphatic imine (C=N–C) groups is 1. The summed E-state index contributed by atoms with van der Waals surface area (Å²) in [5.74, 6) is 1.81. The van der Waals surface area contributed by atoms with Gasteiger partial charge < -0.3 is 19.7 Å². The summed E-state index contributed by atoms with van der Waals surface area (Å²) in [6.45, 7) is 7.26. The van der Waals surface area contributed by atoms with Gasteiger partial charge in [0.2, 0.25) is 0 Å². The molecule has 2 fully saturated rings. The average molecular weight is 340 g/mol. The van der Waals surface area contributed by atoms with Crippen molar-refractivity contribution in [3.05, 3.63) is 0 Å². The minimum Gasteiger partial charge on any atom is -0.379 e. The number of rotatable bonds is 11. The van der Waals surface area contributed by atoms with Gasteiger partial charge in [0.25, 0.3) is 0 Å². The Balaban J connectivity index is 1.57. The Morgan fingerprint density at radius 3 is 2.62 bits per heavy atom. The summed E-state index contributed by atoms with van der Waals surface area (Å²) in [5.41, 5.74) is 0. The van der Waals surface area contributed by atoms with Crippen LogP contribution >= 0.6 is 0 Å². The lowest BCUT2D eigenvalue weighted by Gasteiger charge is -2.23. The summed E-state index contributed by atoms with van der Waals surface area (Å²) in [4.78, 5) is 6.88. The smallest absolute Gasteiger partial charge is 0.193 e. The van der Waals surface area contributed by atoms with Crippen LogP contribution in [-0.2, 0) is 9.47 Å². The van der Waals surface area contributed by atoms with Crippen molar-refractivity contribution >= 4 is 5.96 Å². The molecule has 0 amide bonds. The van der Waals surface area contributed by atoms with E-state index in [0.717, 1.165) is 57.8 Å². The van der Waals surface area contributed by atoms with Crippen LogP contribution in [0.1, 0.15) is 58.3 Å². The summed E-state index contributed by atoms with van der Waals surface area (Å²) in [7, 11) is 2.08. The molecule has 2 aliphatic rings. The van der Waals surface area contributed by atoms with Gasteiger partial charge in [-0.25, -0.2) is 0 Å². The highest BCUT2D eigenvalue weighted by molar-refractivity contribution is 5.79. The lowest BCUT2D eigenvalue weighted by Crippen LogP contribution is -2.40. The molecule has 24 heavy (non-hydrogen) atoms. The van der Waals surface area contributed by atoms with Crippen molar-refractivity contribution in [3.63, 3.8) is 0 Å². The van der Waals surface area contributed by atoms with E-state index in [0.29, 0.717) is 6.10 Å². The van der Waals surface area contributed by atoms with E-state index in [1.165, 1.54) is 44.9 Å². The number of hydrogen-bond donors (Lipinski definition) is 1. The molecule has 0 spiro atoms. The van der Waals surface area contributed by atoms with E-state index in [1.54, 1.807) is 0 Å². The summed E-state index contributed by atoms with van der Waals surface area (Å²) >= 11 is 0. The van der Waals surface area contributed by atoms with E-state index in [2.05, 4.69) is 24.2 Å². The van der Waals surface area contributed by atoms with Gasteiger partial charge in [0.05, 0.1) is 12.7 Å². The van der Waals surface area contributed by atoms with Crippen molar-refractivity contribution in [2.75, 3.05) is 46.5 Å². The van der Waals surface area contributed by atoms with Crippen LogP contribution in [0, 0.1) is 5.92 Å². The monoisotopic (exact) mass is 339 g/mol. The average Bonchev–Trinajstić information content (AvgIpc) is 3.42. The standard InChI is InChI=1S/C19H37N3O2/c1-3-20-19(22(2)13-15-23-16-17-10-11-17)21-12-7-14-24-18-8-5-4-6-9-18/h17-18H,3-16H2,1-2H3,(H,20,21). The van der Waals surface area contributed by atoms with Crippen LogP contribution in [-0.4, -0.2) is 63.5 Å². The second kappa shape index (κ2) is 11.7. The number of likely N-dealkylation sites (N-methyl/N-ethyl adjacent to an activating group) is 1. The molecule has 5 nitrogen and oxygen atoms in total. The van der Waals surface area contributed by atoms with E-state index in [4.69, 9.17) is 14.5 Å². The van der Waals surface area contributed by atoms with Crippen molar-refractivity contribution in [2.24, 2.45) is 10.9 Å². The van der Waals surface area contributed by atoms with E-state index < -0.39 is 0 Å². The third-order valence-electron chi connectivity index (χ3n) is 4.79. The second-order valence-corrected chi connectivity index (χ2v) is 7.16. The SMILES string of the molecule is CCNC(=NCCCOC1CCCCC1)N(C)CCOCC1CC1. The van der Waals surface area contributed by atoms with Crippen LogP contribution in [0.3, 0.4) is 0 Å². The van der Waals surface area contributed by atoms with E-state index in [1.807, 2.05) is 0 Å². The molecule has 0 saturated heterocycles. The lowest BCUT2D eigenvalue weighted by atomic mass is 9.98. The molecule has 0 aliphatic heterocycles. The Morgan fingerprint density at radius 2 is 1.92 bits per heavy atom. The van der Waals surface area contributed by atoms with Crippen molar-refractivity contribution in [1.29, 1.82) is 0 Å². The number of guanidine groups is 1. The van der Waals surface area contributed by atoms with Crippen molar-refractivity contribution in [1.82, 2.24) is 10.2 Å². The fraction of sp³-hybridized carbons (Fsp3) is 0.947. The first-order valence-corrected chi connectivity index (χ1v) is 9.98. The molecule has 0 atom stereocenters. The fourth-order valence-electron chi connectivity index (χ4n) is 3.04. The van der Waals surface area contributed by atoms with E-state index in [9.17, 15) is 0 Å². The number of ether oxygens (including phenoxy) is 2. The highest BCUT2D eigenvalue weighted by Crippen LogP contribution is 2.28. The number of nitrogens with zero attached hydrogens (tertiary/aromatic N) is 2. The molecule has 2 saturated carbocycles. The first-order valence-electron chi connectivity index (χ1n) is 9.98. The molecule has 0 heterocycles. The number of hydrogen-bond acceptors (Lipinski definition) is 3. The van der Waals surface area contributed by atoms with Crippen LogP contribution in [0.25, 0.3) is 0 Å². The maximum atomic E-state index is 5.97. The molecule has 1 N–H and O–H groups in total. The maximum Gasteiger partial charge on any atom is 0.193 e. The zero-order chi connectivity index (χ0) is 17.0. The third kappa shape index (κ3) is 8.34. The Morgan fingerprint density at radius 1 is 1.12 bits per heavy atom. The Hall–Kier alpha value is -0.810. The van der Waals surface area contributed by atoms with Gasteiger partial charge in [0.1, 0.15) is 0 Å². The van der Waals surface area contributed by atoms with Gasteiger partial charge in [-0.1, -0.05) is 19.3 Å². The number of nitrogens with one attached hydrogen (secondary N) is 1. The highest BCUT2D eigenvalue weighted by atomic mass is 16.5. The first-order chi connectivity index (χ1) is 11.8. The Bertz CT molecular complexity index is 353. The minimum absolute atomic E-state index is 0.502. The highest BCUT2D eigenvalue weighted by Gasteiger charge is 2.21. The molecular weight excluding hydrogens is 302 g/mol. The minimum atomic E-state index is 0.502. The van der Waals surface area contributed by atoms with Crippen LogP contribution in [0.15, 0.2) is 4.99 Å². The molecule has 2 aliphatic carbocycles. The molecule has 0 aromatic heterocycles. The predicted molar refractivity (Wildman–Crippen MR) is 99.6 cm³/mol. The zero-order valence-electron chi connectivity index (χ0n) is 15.8. The fourth-order valence-corrected chi connectivity index (χ4v) is 3.04. The molecular formula is C19H37N3O2. The van der Waals surface area contributed by atoms with Crippen molar-refractivity contribution in [3.8, 4) is 0 Å². The Labute approximate surface area is 148 Å². The van der Waals surface area contributed by atoms with Crippen molar-refractivity contribution in [2.45, 2.75) is 64.4 Å². The molecule has 0 aromatic rings. The molecule has 0 aromatic carbocycles.